The highest BCUT2D eigenvalue weighted by Gasteiger charge is 2.26. The number of nitrogens with zero attached hydrogens (tertiary/aromatic N) is 3. The maximum atomic E-state index is 12.0. The number of hydrogen-bond donors (Lipinski definition) is 1. The van der Waals surface area contributed by atoms with Gasteiger partial charge in [0.05, 0.1) is 0 Å². The number of rotatable bonds is 4. The fraction of sp³-hybridized carbons (Fsp3) is 0.733. The summed E-state index contributed by atoms with van der Waals surface area (Å²) in [5.74, 6) is -1.02. The number of piperazine rings is 1. The summed E-state index contributed by atoms with van der Waals surface area (Å²) in [5, 5.41) is 2.60. The third-order valence-electron chi connectivity index (χ3n) is 4.27. The Morgan fingerprint density at radius 2 is 1.70 bits per heavy atom. The average molecular weight is 324 g/mol. The van der Waals surface area contributed by atoms with Gasteiger partial charge in [-0.25, -0.2) is 0 Å². The van der Waals surface area contributed by atoms with E-state index in [9.17, 15) is 19.2 Å². The van der Waals surface area contributed by atoms with Crippen LogP contribution in [0.4, 0.5) is 0 Å². The first-order valence-electron chi connectivity index (χ1n) is 8.09. The topological polar surface area (TPSA) is 90.0 Å². The van der Waals surface area contributed by atoms with Crippen molar-refractivity contribution in [3.63, 3.8) is 0 Å². The SMILES string of the molecule is CC(=O)N1CCN(C(=O)C(=O)NCCCN2CCCC2=O)CC1. The third-order valence-corrected chi connectivity index (χ3v) is 4.27. The van der Waals surface area contributed by atoms with E-state index in [1.807, 2.05) is 0 Å². The lowest BCUT2D eigenvalue weighted by atomic mass is 10.3. The molecule has 2 aliphatic rings. The van der Waals surface area contributed by atoms with Gasteiger partial charge in [0.25, 0.3) is 0 Å². The average Bonchev–Trinajstić information content (AvgIpc) is 2.96. The van der Waals surface area contributed by atoms with E-state index >= 15 is 0 Å². The maximum Gasteiger partial charge on any atom is 0.312 e. The van der Waals surface area contributed by atoms with Crippen LogP contribution in [0, 0.1) is 0 Å². The lowest BCUT2D eigenvalue weighted by Crippen LogP contribution is -2.53. The van der Waals surface area contributed by atoms with Gasteiger partial charge in [-0.2, -0.15) is 0 Å². The second-order valence-corrected chi connectivity index (χ2v) is 5.89. The van der Waals surface area contributed by atoms with Crippen molar-refractivity contribution in [1.82, 2.24) is 20.0 Å². The summed E-state index contributed by atoms with van der Waals surface area (Å²) in [6, 6.07) is 0. The lowest BCUT2D eigenvalue weighted by molar-refractivity contribution is -0.148. The standard InChI is InChI=1S/C15H24N4O4/c1-12(20)17-8-10-19(11-9-17)15(23)14(22)16-5-3-7-18-6-2-4-13(18)21/h2-11H2,1H3,(H,16,22). The Morgan fingerprint density at radius 3 is 2.26 bits per heavy atom. The summed E-state index contributed by atoms with van der Waals surface area (Å²) in [5.41, 5.74) is 0. The highest BCUT2D eigenvalue weighted by molar-refractivity contribution is 6.35. The Bertz CT molecular complexity index is 486. The quantitative estimate of drug-likeness (QED) is 0.520. The summed E-state index contributed by atoms with van der Waals surface area (Å²) in [7, 11) is 0. The van der Waals surface area contributed by atoms with Crippen molar-refractivity contribution >= 4 is 23.6 Å². The Kier molecular flexibility index (Phi) is 5.95. The van der Waals surface area contributed by atoms with Gasteiger partial charge in [-0.3, -0.25) is 19.2 Å². The van der Waals surface area contributed by atoms with E-state index < -0.39 is 11.8 Å². The lowest BCUT2D eigenvalue weighted by Gasteiger charge is -2.33. The number of hydrogen-bond acceptors (Lipinski definition) is 4. The molecule has 0 unspecified atom stereocenters. The minimum absolute atomic E-state index is 0.0157. The molecule has 2 aliphatic heterocycles. The molecule has 4 amide bonds. The normalized spacial score (nSPS) is 18.3. The molecule has 2 fully saturated rings. The van der Waals surface area contributed by atoms with Crippen LogP contribution >= 0.6 is 0 Å². The third kappa shape index (κ3) is 4.67. The Hall–Kier alpha value is -2.12. The van der Waals surface area contributed by atoms with Crippen LogP contribution in [-0.2, 0) is 19.2 Å². The van der Waals surface area contributed by atoms with Crippen molar-refractivity contribution in [3.8, 4) is 0 Å². The van der Waals surface area contributed by atoms with E-state index in [2.05, 4.69) is 5.32 Å². The van der Waals surface area contributed by atoms with Gasteiger partial charge in [0.1, 0.15) is 0 Å². The zero-order valence-corrected chi connectivity index (χ0v) is 13.5. The molecule has 0 bridgehead atoms. The van der Waals surface area contributed by atoms with Crippen molar-refractivity contribution in [2.75, 3.05) is 45.8 Å². The minimum atomic E-state index is -0.617. The Labute approximate surface area is 135 Å². The summed E-state index contributed by atoms with van der Waals surface area (Å²) < 4.78 is 0. The van der Waals surface area contributed by atoms with E-state index in [0.717, 1.165) is 13.0 Å². The van der Waals surface area contributed by atoms with Crippen LogP contribution in [0.1, 0.15) is 26.2 Å². The van der Waals surface area contributed by atoms with Crippen LogP contribution in [0.5, 0.6) is 0 Å². The zero-order chi connectivity index (χ0) is 16.8. The van der Waals surface area contributed by atoms with Crippen LogP contribution in [0.2, 0.25) is 0 Å². The number of amides is 4. The van der Waals surface area contributed by atoms with Gasteiger partial charge < -0.3 is 20.0 Å². The number of carbonyl (C=O) groups is 4. The summed E-state index contributed by atoms with van der Waals surface area (Å²) >= 11 is 0. The highest BCUT2D eigenvalue weighted by atomic mass is 16.2. The van der Waals surface area contributed by atoms with E-state index in [4.69, 9.17) is 0 Å². The highest BCUT2D eigenvalue weighted by Crippen LogP contribution is 2.09. The first kappa shape index (κ1) is 17.2. The largest absolute Gasteiger partial charge is 0.348 e. The molecular weight excluding hydrogens is 300 g/mol. The molecular formula is C15H24N4O4. The van der Waals surface area contributed by atoms with Crippen LogP contribution in [0.3, 0.4) is 0 Å². The van der Waals surface area contributed by atoms with Crippen molar-refractivity contribution in [2.45, 2.75) is 26.2 Å². The maximum absolute atomic E-state index is 12.0. The molecule has 0 aromatic heterocycles. The van der Waals surface area contributed by atoms with Gasteiger partial charge in [0.15, 0.2) is 0 Å². The molecule has 0 radical (unpaired) electrons. The smallest absolute Gasteiger partial charge is 0.312 e. The van der Waals surface area contributed by atoms with Crippen molar-refractivity contribution in [1.29, 1.82) is 0 Å². The molecule has 0 atom stereocenters. The van der Waals surface area contributed by atoms with Crippen LogP contribution in [0.15, 0.2) is 0 Å². The van der Waals surface area contributed by atoms with Crippen molar-refractivity contribution < 1.29 is 19.2 Å². The zero-order valence-electron chi connectivity index (χ0n) is 13.5. The minimum Gasteiger partial charge on any atom is -0.348 e. The predicted octanol–water partition coefficient (Wildman–Crippen LogP) is -1.19. The molecule has 128 valence electrons. The van der Waals surface area contributed by atoms with Crippen molar-refractivity contribution in [2.24, 2.45) is 0 Å². The second kappa shape index (κ2) is 7.94. The summed E-state index contributed by atoms with van der Waals surface area (Å²) in [6.07, 6.45) is 2.15. The molecule has 23 heavy (non-hydrogen) atoms. The van der Waals surface area contributed by atoms with Gasteiger partial charge >= 0.3 is 11.8 Å². The number of nitrogens with one attached hydrogen (secondary N) is 1. The molecule has 1 N–H and O–H groups in total. The summed E-state index contributed by atoms with van der Waals surface area (Å²) in [4.78, 5) is 51.5. The first-order valence-corrected chi connectivity index (χ1v) is 8.09. The second-order valence-electron chi connectivity index (χ2n) is 5.89. The first-order chi connectivity index (χ1) is 11.0. The number of carbonyl (C=O) groups excluding carboxylic acids is 4. The van der Waals surface area contributed by atoms with Gasteiger partial charge in [-0.05, 0) is 12.8 Å². The fourth-order valence-corrected chi connectivity index (χ4v) is 2.86. The number of likely N-dealkylation sites (tertiary alicyclic amines) is 1. The molecule has 8 nitrogen and oxygen atoms in total. The molecule has 2 saturated heterocycles. The molecule has 0 saturated carbocycles. The van der Waals surface area contributed by atoms with E-state index in [-0.39, 0.29) is 11.8 Å². The van der Waals surface area contributed by atoms with Crippen molar-refractivity contribution in [3.05, 3.63) is 0 Å². The Morgan fingerprint density at radius 1 is 1.04 bits per heavy atom. The predicted molar refractivity (Wildman–Crippen MR) is 82.3 cm³/mol. The molecule has 2 rings (SSSR count). The molecule has 0 aliphatic carbocycles. The molecule has 8 heteroatoms. The van der Waals surface area contributed by atoms with Gasteiger partial charge in [0, 0.05) is 59.2 Å². The van der Waals surface area contributed by atoms with E-state index in [1.54, 1.807) is 9.80 Å². The van der Waals surface area contributed by atoms with E-state index in [0.29, 0.717) is 52.1 Å². The van der Waals surface area contributed by atoms with Crippen LogP contribution < -0.4 is 5.32 Å². The molecule has 2 heterocycles. The molecule has 0 aromatic carbocycles. The fourth-order valence-electron chi connectivity index (χ4n) is 2.86. The molecule has 0 spiro atoms. The van der Waals surface area contributed by atoms with Gasteiger partial charge in [-0.1, -0.05) is 0 Å². The van der Waals surface area contributed by atoms with E-state index in [1.165, 1.54) is 11.8 Å². The Balaban J connectivity index is 1.64. The van der Waals surface area contributed by atoms with Gasteiger partial charge in [0.2, 0.25) is 11.8 Å². The summed E-state index contributed by atoms with van der Waals surface area (Å²) in [6.45, 7) is 4.97. The van der Waals surface area contributed by atoms with Crippen LogP contribution in [0.25, 0.3) is 0 Å². The van der Waals surface area contributed by atoms with Gasteiger partial charge in [-0.15, -0.1) is 0 Å². The van der Waals surface area contributed by atoms with Crippen LogP contribution in [-0.4, -0.2) is 84.1 Å². The monoisotopic (exact) mass is 324 g/mol. The molecule has 0 aromatic rings.